The van der Waals surface area contributed by atoms with E-state index < -0.39 is 11.4 Å². The van der Waals surface area contributed by atoms with Crippen LogP contribution in [0.2, 0.25) is 0 Å². The lowest BCUT2D eigenvalue weighted by Gasteiger charge is -2.67. The number of ether oxygens (including phenoxy) is 1. The van der Waals surface area contributed by atoms with E-state index in [2.05, 4.69) is 10.6 Å². The van der Waals surface area contributed by atoms with E-state index in [0.29, 0.717) is 25.9 Å². The third-order valence-electron chi connectivity index (χ3n) is 5.94. The van der Waals surface area contributed by atoms with Gasteiger partial charge in [0, 0.05) is 5.54 Å². The molecule has 25 heavy (non-hydrogen) atoms. The third kappa shape index (κ3) is 2.99. The van der Waals surface area contributed by atoms with Crippen molar-refractivity contribution < 1.29 is 19.4 Å². The summed E-state index contributed by atoms with van der Waals surface area (Å²) in [4.78, 5) is 23.4. The molecule has 6 heteroatoms. The van der Waals surface area contributed by atoms with Gasteiger partial charge in [-0.15, -0.1) is 0 Å². The molecule has 2 amide bonds. The molecule has 4 fully saturated rings. The molecule has 6 nitrogen and oxygen atoms in total. The van der Waals surface area contributed by atoms with Crippen LogP contribution in [0.1, 0.15) is 44.1 Å². The van der Waals surface area contributed by atoms with Gasteiger partial charge in [0.05, 0.1) is 24.2 Å². The summed E-state index contributed by atoms with van der Waals surface area (Å²) in [6, 6.07) is 9.85. The number of carboxylic acid groups (broad SMARTS) is 1. The summed E-state index contributed by atoms with van der Waals surface area (Å²) in [7, 11) is 0. The van der Waals surface area contributed by atoms with Crippen molar-refractivity contribution in [3.63, 3.8) is 0 Å². The zero-order valence-electron chi connectivity index (χ0n) is 14.2. The molecule has 1 aromatic rings. The first-order valence-corrected chi connectivity index (χ1v) is 8.98. The fourth-order valence-electron chi connectivity index (χ4n) is 4.66. The first kappa shape index (κ1) is 16.4. The van der Waals surface area contributed by atoms with Gasteiger partial charge in [-0.2, -0.15) is 0 Å². The highest BCUT2D eigenvalue weighted by molar-refractivity contribution is 5.83. The molecular formula is C19H24N2O4. The summed E-state index contributed by atoms with van der Waals surface area (Å²) in [5.41, 5.74) is 0.272. The predicted molar refractivity (Wildman–Crippen MR) is 91.0 cm³/mol. The molecule has 0 aromatic heterocycles. The number of aliphatic carboxylic acids is 1. The monoisotopic (exact) mass is 344 g/mol. The van der Waals surface area contributed by atoms with Gasteiger partial charge in [0.2, 0.25) is 0 Å². The zero-order chi connectivity index (χ0) is 17.5. The quantitative estimate of drug-likeness (QED) is 0.740. The molecule has 4 aliphatic carbocycles. The second-order valence-corrected chi connectivity index (χ2v) is 7.87. The number of amides is 2. The first-order chi connectivity index (χ1) is 12.0. The van der Waals surface area contributed by atoms with Crippen molar-refractivity contribution in [1.29, 1.82) is 0 Å². The molecule has 3 N–H and O–H groups in total. The highest BCUT2D eigenvalue weighted by Crippen LogP contribution is 2.67. The lowest BCUT2D eigenvalue weighted by atomic mass is 9.39. The minimum absolute atomic E-state index is 0.0181. The van der Waals surface area contributed by atoms with Crippen molar-refractivity contribution in [2.75, 3.05) is 0 Å². The number of urea groups is 1. The summed E-state index contributed by atoms with van der Waals surface area (Å²) < 4.78 is 6.01. The van der Waals surface area contributed by atoms with E-state index in [4.69, 9.17) is 9.84 Å². The smallest absolute Gasteiger partial charge is 0.315 e. The van der Waals surface area contributed by atoms with Crippen molar-refractivity contribution >= 4 is 12.0 Å². The molecule has 2 bridgehead atoms. The average molecular weight is 344 g/mol. The SMILES string of the molecule is O=C(N[C@@H]1CCC[C@H]1OCc1ccccc1)NC12CC(C(=O)O)(C1)C2. The van der Waals surface area contributed by atoms with Crippen LogP contribution in [0.4, 0.5) is 4.79 Å². The minimum atomic E-state index is -0.734. The van der Waals surface area contributed by atoms with Crippen LogP contribution in [0, 0.1) is 5.41 Å². The fraction of sp³-hybridized carbons (Fsp3) is 0.579. The standard InChI is InChI=1S/C19H24N2O4/c22-16(23)18-10-19(11-18,12-18)21-17(24)20-14-7-4-8-15(14)25-9-13-5-2-1-3-6-13/h1-3,5-6,14-15H,4,7-12H2,(H,22,23)(H2,20,21,24)/t14-,15-,18?,19?/m1/s1. The molecule has 0 radical (unpaired) electrons. The lowest BCUT2D eigenvalue weighted by molar-refractivity contribution is -0.196. The number of rotatable bonds is 6. The van der Waals surface area contributed by atoms with Crippen LogP contribution in [0.3, 0.4) is 0 Å². The highest BCUT2D eigenvalue weighted by atomic mass is 16.5. The van der Waals surface area contributed by atoms with E-state index >= 15 is 0 Å². The summed E-state index contributed by atoms with van der Waals surface area (Å²) in [5.74, 6) is -0.734. The first-order valence-electron chi connectivity index (χ1n) is 8.98. The molecule has 0 aliphatic heterocycles. The highest BCUT2D eigenvalue weighted by Gasteiger charge is 2.72. The molecule has 5 rings (SSSR count). The second-order valence-electron chi connectivity index (χ2n) is 7.87. The van der Waals surface area contributed by atoms with Crippen LogP contribution in [0.15, 0.2) is 30.3 Å². The van der Waals surface area contributed by atoms with Gasteiger partial charge in [0.15, 0.2) is 0 Å². The van der Waals surface area contributed by atoms with E-state index in [1.807, 2.05) is 30.3 Å². The van der Waals surface area contributed by atoms with Gasteiger partial charge in [0.25, 0.3) is 0 Å². The number of benzene rings is 1. The van der Waals surface area contributed by atoms with E-state index in [0.717, 1.165) is 24.8 Å². The Hall–Kier alpha value is -2.08. The van der Waals surface area contributed by atoms with Gasteiger partial charge in [-0.3, -0.25) is 4.79 Å². The van der Waals surface area contributed by atoms with Crippen LogP contribution < -0.4 is 10.6 Å². The molecule has 2 atom stereocenters. The Balaban J connectivity index is 1.24. The van der Waals surface area contributed by atoms with Crippen LogP contribution in [0.25, 0.3) is 0 Å². The van der Waals surface area contributed by atoms with Crippen molar-refractivity contribution in [1.82, 2.24) is 10.6 Å². The summed E-state index contributed by atoms with van der Waals surface area (Å²) in [6.07, 6.45) is 4.61. The number of nitrogens with one attached hydrogen (secondary N) is 2. The minimum Gasteiger partial charge on any atom is -0.481 e. The molecule has 4 aliphatic rings. The zero-order valence-corrected chi connectivity index (χ0v) is 14.2. The number of carboxylic acids is 1. The van der Waals surface area contributed by atoms with Gasteiger partial charge in [0.1, 0.15) is 0 Å². The van der Waals surface area contributed by atoms with E-state index in [9.17, 15) is 9.59 Å². The Morgan fingerprint density at radius 1 is 1.16 bits per heavy atom. The normalized spacial score (nSPS) is 35.4. The molecule has 0 heterocycles. The van der Waals surface area contributed by atoms with Gasteiger partial charge in [-0.1, -0.05) is 30.3 Å². The number of carbonyl (C=O) groups excluding carboxylic acids is 1. The average Bonchev–Trinajstić information content (AvgIpc) is 2.95. The van der Waals surface area contributed by atoms with Crippen LogP contribution in [0.5, 0.6) is 0 Å². The summed E-state index contributed by atoms with van der Waals surface area (Å²) >= 11 is 0. The molecule has 4 saturated carbocycles. The van der Waals surface area contributed by atoms with E-state index in [1.54, 1.807) is 0 Å². The number of hydrogen-bond acceptors (Lipinski definition) is 3. The molecule has 1 aromatic carbocycles. The molecular weight excluding hydrogens is 320 g/mol. The van der Waals surface area contributed by atoms with Crippen molar-refractivity contribution in [2.24, 2.45) is 5.41 Å². The van der Waals surface area contributed by atoms with Crippen LogP contribution in [-0.2, 0) is 16.1 Å². The van der Waals surface area contributed by atoms with Crippen LogP contribution in [-0.4, -0.2) is 34.8 Å². The molecule has 0 unspecified atom stereocenters. The second kappa shape index (κ2) is 6.02. The van der Waals surface area contributed by atoms with Gasteiger partial charge in [-0.05, 0) is 44.1 Å². The van der Waals surface area contributed by atoms with Gasteiger partial charge in [-0.25, -0.2) is 4.79 Å². The fourth-order valence-corrected chi connectivity index (χ4v) is 4.66. The van der Waals surface area contributed by atoms with Crippen LogP contribution >= 0.6 is 0 Å². The van der Waals surface area contributed by atoms with Crippen molar-refractivity contribution in [2.45, 2.75) is 62.8 Å². The Morgan fingerprint density at radius 2 is 1.88 bits per heavy atom. The maximum atomic E-state index is 12.3. The molecule has 0 spiro atoms. The van der Waals surface area contributed by atoms with Gasteiger partial charge >= 0.3 is 12.0 Å². The predicted octanol–water partition coefficient (Wildman–Crippen LogP) is 2.43. The summed E-state index contributed by atoms with van der Waals surface area (Å²) in [5, 5.41) is 15.2. The van der Waals surface area contributed by atoms with Gasteiger partial charge < -0.3 is 20.5 Å². The Bertz CT molecular complexity index is 655. The lowest BCUT2D eigenvalue weighted by Crippen LogP contribution is -2.77. The topological polar surface area (TPSA) is 87.7 Å². The maximum absolute atomic E-state index is 12.3. The third-order valence-corrected chi connectivity index (χ3v) is 5.94. The van der Waals surface area contributed by atoms with Crippen molar-refractivity contribution in [3.8, 4) is 0 Å². The summed E-state index contributed by atoms with van der Waals surface area (Å²) in [6.45, 7) is 0.552. The Labute approximate surface area is 146 Å². The Kier molecular flexibility index (Phi) is 3.95. The molecule has 134 valence electrons. The van der Waals surface area contributed by atoms with E-state index in [1.165, 1.54) is 0 Å². The molecule has 0 saturated heterocycles. The maximum Gasteiger partial charge on any atom is 0.315 e. The van der Waals surface area contributed by atoms with E-state index in [-0.39, 0.29) is 23.7 Å². The van der Waals surface area contributed by atoms with Crippen molar-refractivity contribution in [3.05, 3.63) is 35.9 Å². The number of carbonyl (C=O) groups is 2. The largest absolute Gasteiger partial charge is 0.481 e. The number of hydrogen-bond donors (Lipinski definition) is 3. The Morgan fingerprint density at radius 3 is 2.56 bits per heavy atom.